The SMILES string of the molecule is CCOc1ccc(Oc2cc(CNC(=NC)NC3CC4CCC3O4)ccn2)cc1. The van der Waals surface area contributed by atoms with Gasteiger partial charge in [0.05, 0.1) is 24.9 Å². The van der Waals surface area contributed by atoms with Gasteiger partial charge in [0.25, 0.3) is 0 Å². The minimum absolute atomic E-state index is 0.314. The molecular formula is C22H28N4O3. The number of fused-ring (bicyclic) bond motifs is 2. The van der Waals surface area contributed by atoms with Gasteiger partial charge in [-0.1, -0.05) is 0 Å². The molecule has 0 radical (unpaired) electrons. The number of nitrogens with zero attached hydrogens (tertiary/aromatic N) is 2. The van der Waals surface area contributed by atoms with Gasteiger partial charge in [0.1, 0.15) is 11.5 Å². The summed E-state index contributed by atoms with van der Waals surface area (Å²) in [7, 11) is 1.79. The van der Waals surface area contributed by atoms with Crippen LogP contribution in [0.1, 0.15) is 31.7 Å². The van der Waals surface area contributed by atoms with E-state index >= 15 is 0 Å². The highest BCUT2D eigenvalue weighted by Crippen LogP contribution is 2.34. The van der Waals surface area contributed by atoms with E-state index in [9.17, 15) is 0 Å². The van der Waals surface area contributed by atoms with Crippen molar-refractivity contribution in [2.24, 2.45) is 4.99 Å². The molecule has 1 aromatic carbocycles. The molecule has 29 heavy (non-hydrogen) atoms. The van der Waals surface area contributed by atoms with Crippen molar-refractivity contribution in [3.8, 4) is 17.4 Å². The van der Waals surface area contributed by atoms with Crippen LogP contribution < -0.4 is 20.1 Å². The minimum Gasteiger partial charge on any atom is -0.494 e. The number of pyridine rings is 1. The molecule has 2 aliphatic rings. The van der Waals surface area contributed by atoms with Gasteiger partial charge in [0.15, 0.2) is 5.96 Å². The van der Waals surface area contributed by atoms with Crippen molar-refractivity contribution < 1.29 is 14.2 Å². The van der Waals surface area contributed by atoms with Gasteiger partial charge in [-0.3, -0.25) is 4.99 Å². The summed E-state index contributed by atoms with van der Waals surface area (Å²) in [6.45, 7) is 3.23. The lowest BCUT2D eigenvalue weighted by molar-refractivity contribution is 0.0992. The number of guanidine groups is 1. The average Bonchev–Trinajstić information content (AvgIpc) is 3.36. The van der Waals surface area contributed by atoms with Gasteiger partial charge in [-0.15, -0.1) is 0 Å². The third-order valence-electron chi connectivity index (χ3n) is 5.27. The van der Waals surface area contributed by atoms with Gasteiger partial charge in [-0.25, -0.2) is 4.98 Å². The predicted octanol–water partition coefficient (Wildman–Crippen LogP) is 3.26. The first-order valence-electron chi connectivity index (χ1n) is 10.2. The molecule has 154 valence electrons. The topological polar surface area (TPSA) is 77.0 Å². The van der Waals surface area contributed by atoms with Crippen molar-refractivity contribution in [3.63, 3.8) is 0 Å². The number of rotatable bonds is 7. The van der Waals surface area contributed by atoms with Crippen LogP contribution in [0.25, 0.3) is 0 Å². The Morgan fingerprint density at radius 2 is 2.03 bits per heavy atom. The Morgan fingerprint density at radius 3 is 2.72 bits per heavy atom. The first kappa shape index (κ1) is 19.5. The zero-order valence-electron chi connectivity index (χ0n) is 16.9. The summed E-state index contributed by atoms with van der Waals surface area (Å²) in [4.78, 5) is 8.65. The number of benzene rings is 1. The third-order valence-corrected chi connectivity index (χ3v) is 5.27. The van der Waals surface area contributed by atoms with Crippen LogP contribution in [0.3, 0.4) is 0 Å². The monoisotopic (exact) mass is 396 g/mol. The fraction of sp³-hybridized carbons (Fsp3) is 0.455. The summed E-state index contributed by atoms with van der Waals surface area (Å²) in [6.07, 6.45) is 5.85. The fourth-order valence-electron chi connectivity index (χ4n) is 3.85. The van der Waals surface area contributed by atoms with Crippen LogP contribution in [0.15, 0.2) is 47.6 Å². The maximum absolute atomic E-state index is 5.91. The normalized spacial score (nSPS) is 23.1. The van der Waals surface area contributed by atoms with Crippen molar-refractivity contribution >= 4 is 5.96 Å². The summed E-state index contributed by atoms with van der Waals surface area (Å²) >= 11 is 0. The second-order valence-electron chi connectivity index (χ2n) is 7.29. The Bertz CT molecular complexity index is 840. The van der Waals surface area contributed by atoms with E-state index in [4.69, 9.17) is 14.2 Å². The van der Waals surface area contributed by atoms with E-state index in [0.717, 1.165) is 35.9 Å². The second-order valence-corrected chi connectivity index (χ2v) is 7.29. The predicted molar refractivity (Wildman–Crippen MR) is 112 cm³/mol. The molecule has 3 unspecified atom stereocenters. The van der Waals surface area contributed by atoms with Gasteiger partial charge in [0.2, 0.25) is 5.88 Å². The molecule has 2 N–H and O–H groups in total. The Balaban J connectivity index is 1.31. The molecule has 2 aliphatic heterocycles. The maximum Gasteiger partial charge on any atom is 0.219 e. The molecule has 2 aromatic rings. The highest BCUT2D eigenvalue weighted by Gasteiger charge is 2.41. The molecule has 1 aromatic heterocycles. The average molecular weight is 396 g/mol. The molecular weight excluding hydrogens is 368 g/mol. The van der Waals surface area contributed by atoms with Gasteiger partial charge >= 0.3 is 0 Å². The van der Waals surface area contributed by atoms with Gasteiger partial charge in [0, 0.05) is 25.9 Å². The van der Waals surface area contributed by atoms with E-state index < -0.39 is 0 Å². The Kier molecular flexibility index (Phi) is 6.14. The van der Waals surface area contributed by atoms with E-state index in [1.165, 1.54) is 6.42 Å². The van der Waals surface area contributed by atoms with Crippen LogP contribution in [-0.4, -0.2) is 42.8 Å². The molecule has 0 amide bonds. The van der Waals surface area contributed by atoms with Crippen LogP contribution in [0.5, 0.6) is 17.4 Å². The molecule has 7 nitrogen and oxygen atoms in total. The summed E-state index contributed by atoms with van der Waals surface area (Å²) < 4.78 is 17.2. The third kappa shape index (κ3) is 4.98. The fourth-order valence-corrected chi connectivity index (χ4v) is 3.85. The van der Waals surface area contributed by atoms with Crippen LogP contribution in [-0.2, 0) is 11.3 Å². The van der Waals surface area contributed by atoms with Crippen LogP contribution in [0, 0.1) is 0 Å². The van der Waals surface area contributed by atoms with E-state index in [-0.39, 0.29) is 0 Å². The number of aromatic nitrogens is 1. The summed E-state index contributed by atoms with van der Waals surface area (Å²) in [5.74, 6) is 2.89. The highest BCUT2D eigenvalue weighted by atomic mass is 16.5. The molecule has 2 fully saturated rings. The molecule has 4 rings (SSSR count). The van der Waals surface area contributed by atoms with Crippen LogP contribution >= 0.6 is 0 Å². The largest absolute Gasteiger partial charge is 0.494 e. The summed E-state index contributed by atoms with van der Waals surface area (Å²) in [5, 5.41) is 6.86. The molecule has 2 saturated heterocycles. The van der Waals surface area contributed by atoms with Crippen molar-refractivity contribution in [1.82, 2.24) is 15.6 Å². The lowest BCUT2D eigenvalue weighted by Gasteiger charge is -2.22. The van der Waals surface area contributed by atoms with Crippen LogP contribution in [0.2, 0.25) is 0 Å². The standard InChI is InChI=1S/C22H28N4O3/c1-3-27-16-4-6-17(7-5-16)29-21-12-15(10-11-24-21)14-25-22(23-2)26-19-13-18-8-9-20(19)28-18/h4-7,10-12,18-20H,3,8-9,13-14H2,1-2H3,(H2,23,25,26). The first-order valence-corrected chi connectivity index (χ1v) is 10.2. The van der Waals surface area contributed by atoms with Crippen molar-refractivity contribution in [2.45, 2.75) is 51.0 Å². The Morgan fingerprint density at radius 1 is 1.21 bits per heavy atom. The van der Waals surface area contributed by atoms with Crippen molar-refractivity contribution in [3.05, 3.63) is 48.2 Å². The molecule has 3 atom stereocenters. The lowest BCUT2D eigenvalue weighted by atomic mass is 9.96. The van der Waals surface area contributed by atoms with E-state index in [0.29, 0.717) is 37.3 Å². The molecule has 3 heterocycles. The summed E-state index contributed by atoms with van der Waals surface area (Å²) in [6, 6.07) is 11.8. The number of nitrogens with one attached hydrogen (secondary N) is 2. The Hall–Kier alpha value is -2.80. The van der Waals surface area contributed by atoms with E-state index in [1.54, 1.807) is 13.2 Å². The van der Waals surface area contributed by atoms with E-state index in [2.05, 4.69) is 20.6 Å². The zero-order valence-corrected chi connectivity index (χ0v) is 16.9. The Labute approximate surface area is 171 Å². The van der Waals surface area contributed by atoms with E-state index in [1.807, 2.05) is 43.3 Å². The number of hydrogen-bond acceptors (Lipinski definition) is 5. The molecule has 0 saturated carbocycles. The molecule has 7 heteroatoms. The summed E-state index contributed by atoms with van der Waals surface area (Å²) in [5.41, 5.74) is 1.06. The van der Waals surface area contributed by atoms with Gasteiger partial charge < -0.3 is 24.8 Å². The molecule has 2 bridgehead atoms. The molecule has 0 spiro atoms. The lowest BCUT2D eigenvalue weighted by Crippen LogP contribution is -2.47. The van der Waals surface area contributed by atoms with Crippen molar-refractivity contribution in [1.29, 1.82) is 0 Å². The molecule has 0 aliphatic carbocycles. The van der Waals surface area contributed by atoms with Crippen molar-refractivity contribution in [2.75, 3.05) is 13.7 Å². The number of hydrogen-bond donors (Lipinski definition) is 2. The smallest absolute Gasteiger partial charge is 0.219 e. The minimum atomic E-state index is 0.314. The number of ether oxygens (including phenoxy) is 3. The second kappa shape index (κ2) is 9.13. The maximum atomic E-state index is 5.91. The van der Waals surface area contributed by atoms with Gasteiger partial charge in [-0.2, -0.15) is 0 Å². The van der Waals surface area contributed by atoms with Gasteiger partial charge in [-0.05, 0) is 62.1 Å². The highest BCUT2D eigenvalue weighted by molar-refractivity contribution is 5.80. The number of aliphatic imine (C=N–C) groups is 1. The quantitative estimate of drug-likeness (QED) is 0.553. The zero-order chi connectivity index (χ0) is 20.1. The van der Waals surface area contributed by atoms with Crippen LogP contribution in [0.4, 0.5) is 0 Å². The first-order chi connectivity index (χ1) is 14.2.